The van der Waals surface area contributed by atoms with Crippen molar-refractivity contribution >= 4 is 13.7 Å². The molecule has 0 fully saturated rings. The number of amides is 1. The van der Waals surface area contributed by atoms with E-state index in [0.29, 0.717) is 23.9 Å². The lowest BCUT2D eigenvalue weighted by atomic mass is 10.0. The predicted molar refractivity (Wildman–Crippen MR) is 313 cm³/mol. The number of carbonyl (C=O) groups excluding carboxylic acids is 1. The molecule has 3 unspecified atom stereocenters. The Morgan fingerprint density at radius 2 is 0.833 bits per heavy atom. The first-order valence-corrected chi connectivity index (χ1v) is 30.7. The molecule has 0 heterocycles. The van der Waals surface area contributed by atoms with E-state index in [4.69, 9.17) is 9.05 Å². The van der Waals surface area contributed by atoms with Gasteiger partial charge in [0.1, 0.15) is 13.2 Å². The highest BCUT2D eigenvalue weighted by atomic mass is 31.2. The Bertz CT molecular complexity index is 1540. The monoisotopic (exact) mass is 1020 g/mol. The fourth-order valence-electron chi connectivity index (χ4n) is 7.98. The Morgan fingerprint density at radius 3 is 1.22 bits per heavy atom. The first kappa shape index (κ1) is 69.2. The molecule has 414 valence electrons. The summed E-state index contributed by atoms with van der Waals surface area (Å²) in [5, 5.41) is 14.0. The van der Waals surface area contributed by atoms with Crippen LogP contribution in [0, 0.1) is 0 Å². The van der Waals surface area contributed by atoms with Crippen molar-refractivity contribution in [3.63, 3.8) is 0 Å². The lowest BCUT2D eigenvalue weighted by Crippen LogP contribution is -2.46. The van der Waals surface area contributed by atoms with Gasteiger partial charge >= 0.3 is 7.82 Å². The number of nitrogens with zero attached hydrogens (tertiary/aromatic N) is 1. The Kier molecular flexibility index (Phi) is 50.9. The maximum absolute atomic E-state index is 13.0. The van der Waals surface area contributed by atoms with Gasteiger partial charge < -0.3 is 19.8 Å². The van der Waals surface area contributed by atoms with Gasteiger partial charge in [-0.2, -0.15) is 0 Å². The number of hydrogen-bond donors (Lipinski definition) is 3. The van der Waals surface area contributed by atoms with Crippen molar-refractivity contribution in [2.45, 2.75) is 244 Å². The van der Waals surface area contributed by atoms with Crippen LogP contribution in [0.1, 0.15) is 232 Å². The molecule has 3 N–H and O–H groups in total. The standard InChI is InChI=1S/C63H111N2O6P/c1-6-8-10-12-14-16-18-20-21-22-23-24-25-26-27-28-29-30-31-32-33-34-35-36-37-38-39-40-41-42-43-45-47-49-51-53-55-57-63(67)64-61(60-71-72(68,69)70-59-58-65(3,4)5)62(66)56-54-52-50-48-46-44-19-17-15-13-11-9-7-2/h8,10,14,16,20-21,23-24,26-27,29-30,32-33,35-36,38-39,61-62,66H,6-7,9,11-13,15,17-19,22,25,28,31,34,37,40-60H2,1-5H3,(H-,64,67,68,69)/p+1/b10-8-,16-14-,21-20-,24-23-,27-26-,30-29-,33-32-,36-35-,39-38-. The predicted octanol–water partition coefficient (Wildman–Crippen LogP) is 18.0. The fourth-order valence-corrected chi connectivity index (χ4v) is 8.72. The maximum Gasteiger partial charge on any atom is 0.472 e. The van der Waals surface area contributed by atoms with Crippen LogP contribution in [0.2, 0.25) is 0 Å². The highest BCUT2D eigenvalue weighted by Crippen LogP contribution is 2.43. The van der Waals surface area contributed by atoms with Crippen molar-refractivity contribution in [3.05, 3.63) is 109 Å². The second kappa shape index (κ2) is 53.0. The zero-order valence-corrected chi connectivity index (χ0v) is 48.0. The lowest BCUT2D eigenvalue weighted by molar-refractivity contribution is -0.870. The van der Waals surface area contributed by atoms with E-state index in [1.54, 1.807) is 0 Å². The molecule has 0 radical (unpaired) electrons. The zero-order valence-electron chi connectivity index (χ0n) is 47.1. The number of phosphoric ester groups is 1. The van der Waals surface area contributed by atoms with E-state index in [9.17, 15) is 19.4 Å². The molecule has 0 aliphatic rings. The normalized spacial score (nSPS) is 14.7. The summed E-state index contributed by atoms with van der Waals surface area (Å²) in [7, 11) is 1.60. The van der Waals surface area contributed by atoms with E-state index >= 15 is 0 Å². The van der Waals surface area contributed by atoms with E-state index < -0.39 is 20.0 Å². The first-order valence-electron chi connectivity index (χ1n) is 29.3. The zero-order chi connectivity index (χ0) is 52.7. The van der Waals surface area contributed by atoms with Crippen LogP contribution in [0.4, 0.5) is 0 Å². The summed E-state index contributed by atoms with van der Waals surface area (Å²) in [4.78, 5) is 23.3. The van der Waals surface area contributed by atoms with E-state index in [-0.39, 0.29) is 19.1 Å². The number of quaternary nitrogens is 1. The van der Waals surface area contributed by atoms with Gasteiger partial charge in [0, 0.05) is 6.42 Å². The first-order chi connectivity index (χ1) is 35.0. The molecule has 9 heteroatoms. The molecule has 0 aromatic rings. The number of phosphoric acid groups is 1. The van der Waals surface area contributed by atoms with Crippen molar-refractivity contribution in [3.8, 4) is 0 Å². The molecular formula is C63H112N2O6P+. The quantitative estimate of drug-likeness (QED) is 0.0243. The van der Waals surface area contributed by atoms with E-state index in [1.165, 1.54) is 103 Å². The molecule has 0 saturated carbocycles. The molecule has 0 aromatic carbocycles. The summed E-state index contributed by atoms with van der Waals surface area (Å²) in [6.45, 7) is 4.76. The number of aliphatic hydroxyl groups excluding tert-OH is 1. The van der Waals surface area contributed by atoms with Crippen molar-refractivity contribution in [2.24, 2.45) is 0 Å². The summed E-state index contributed by atoms with van der Waals surface area (Å²) in [5.41, 5.74) is 0. The van der Waals surface area contributed by atoms with Crippen LogP contribution < -0.4 is 5.32 Å². The van der Waals surface area contributed by atoms with Crippen molar-refractivity contribution in [1.82, 2.24) is 5.32 Å². The van der Waals surface area contributed by atoms with Gasteiger partial charge in [0.15, 0.2) is 0 Å². The summed E-state index contributed by atoms with van der Waals surface area (Å²) >= 11 is 0. The average molecular weight is 1020 g/mol. The van der Waals surface area contributed by atoms with E-state index in [0.717, 1.165) is 103 Å². The molecule has 0 bridgehead atoms. The van der Waals surface area contributed by atoms with Crippen LogP contribution in [-0.2, 0) is 18.4 Å². The molecule has 0 saturated heterocycles. The topological polar surface area (TPSA) is 105 Å². The van der Waals surface area contributed by atoms with E-state index in [1.807, 2.05) is 21.1 Å². The highest BCUT2D eigenvalue weighted by Gasteiger charge is 2.28. The molecule has 0 spiro atoms. The Morgan fingerprint density at radius 1 is 0.486 bits per heavy atom. The number of hydrogen-bond acceptors (Lipinski definition) is 5. The Labute approximate surface area is 444 Å². The molecule has 0 aromatic heterocycles. The van der Waals surface area contributed by atoms with Crippen LogP contribution in [0.15, 0.2) is 109 Å². The molecule has 72 heavy (non-hydrogen) atoms. The van der Waals surface area contributed by atoms with Crippen molar-refractivity contribution < 1.29 is 32.9 Å². The van der Waals surface area contributed by atoms with Gasteiger partial charge in [-0.15, -0.1) is 0 Å². The summed E-state index contributed by atoms with van der Waals surface area (Å²) < 4.78 is 23.7. The van der Waals surface area contributed by atoms with Crippen LogP contribution in [0.3, 0.4) is 0 Å². The highest BCUT2D eigenvalue weighted by molar-refractivity contribution is 7.47. The number of rotatable bonds is 52. The largest absolute Gasteiger partial charge is 0.472 e. The average Bonchev–Trinajstić information content (AvgIpc) is 3.34. The second-order valence-electron chi connectivity index (χ2n) is 20.6. The van der Waals surface area contributed by atoms with Crippen LogP contribution in [0.5, 0.6) is 0 Å². The smallest absolute Gasteiger partial charge is 0.391 e. The van der Waals surface area contributed by atoms with Gasteiger partial charge in [-0.1, -0.05) is 252 Å². The van der Waals surface area contributed by atoms with Crippen LogP contribution in [0.25, 0.3) is 0 Å². The van der Waals surface area contributed by atoms with E-state index in [2.05, 4.69) is 129 Å². The molecular weight excluding hydrogens is 912 g/mol. The number of carbonyl (C=O) groups is 1. The molecule has 0 aliphatic heterocycles. The SMILES string of the molecule is CC/C=C\C/C=C\C/C=C\C/C=C\C/C=C\C/C=C\C/C=C\C/C=C\C/C=C\CCCCCCCCCCCC(=O)NC(COP(=O)(O)OCC[N+](C)(C)C)C(O)CCCCCCCCCCCCCCC. The minimum Gasteiger partial charge on any atom is -0.391 e. The fraction of sp³-hybridized carbons (Fsp3) is 0.698. The third-order valence-corrected chi connectivity index (χ3v) is 13.5. The third kappa shape index (κ3) is 54.9. The number of unbranched alkanes of at least 4 members (excludes halogenated alkanes) is 21. The molecule has 0 aliphatic carbocycles. The lowest BCUT2D eigenvalue weighted by Gasteiger charge is -2.26. The van der Waals surface area contributed by atoms with Gasteiger partial charge in [0.2, 0.25) is 5.91 Å². The van der Waals surface area contributed by atoms with Crippen molar-refractivity contribution in [2.75, 3.05) is 40.9 Å². The second-order valence-corrected chi connectivity index (χ2v) is 22.1. The summed E-state index contributed by atoms with van der Waals surface area (Å²) in [5.74, 6) is -0.155. The van der Waals surface area contributed by atoms with Crippen LogP contribution >= 0.6 is 7.82 Å². The number of likely N-dealkylation sites (N-methyl/N-ethyl adjacent to an activating group) is 1. The summed E-state index contributed by atoms with van der Waals surface area (Å²) in [6, 6.07) is -0.770. The minimum atomic E-state index is -4.33. The van der Waals surface area contributed by atoms with Gasteiger partial charge in [-0.25, -0.2) is 4.57 Å². The molecule has 0 rings (SSSR count). The summed E-state index contributed by atoms with van der Waals surface area (Å²) in [6.07, 6.45) is 77.2. The Hall–Kier alpha value is -2.84. The molecule has 1 amide bonds. The third-order valence-electron chi connectivity index (χ3n) is 12.5. The van der Waals surface area contributed by atoms with Gasteiger partial charge in [-0.3, -0.25) is 13.8 Å². The van der Waals surface area contributed by atoms with Gasteiger partial charge in [0.25, 0.3) is 0 Å². The van der Waals surface area contributed by atoms with Gasteiger partial charge in [-0.05, 0) is 83.5 Å². The molecule has 8 nitrogen and oxygen atoms in total. The molecule has 3 atom stereocenters. The number of aliphatic hydroxyl groups is 1. The van der Waals surface area contributed by atoms with Crippen LogP contribution in [-0.4, -0.2) is 73.4 Å². The number of allylic oxidation sites excluding steroid dienone is 18. The number of nitrogens with one attached hydrogen (secondary N) is 1. The Balaban J connectivity index is 4.10. The maximum atomic E-state index is 13.0. The minimum absolute atomic E-state index is 0.0687. The van der Waals surface area contributed by atoms with Crippen molar-refractivity contribution in [1.29, 1.82) is 0 Å². The van der Waals surface area contributed by atoms with Gasteiger partial charge in [0.05, 0.1) is 39.9 Å².